The molecule has 136 valence electrons. The van der Waals surface area contributed by atoms with Gasteiger partial charge in [-0.25, -0.2) is 0 Å². The minimum Gasteiger partial charge on any atom is -0.481 e. The molecule has 1 N–H and O–H groups in total. The standard InChI is InChI=1S/C20H31ClO3/c1-2-3-4-5-6-9-12-16-15-18(21)20(24)17(16)13-10-7-8-11-14-19(22)23/h13,15-16H,2-12,14H2,1H3,(H,22,23). The molecule has 0 radical (unpaired) electrons. The second kappa shape index (κ2) is 12.3. The number of Topliss-reactive ketones (excluding diaryl/α,β-unsaturated/α-hetero) is 1. The summed E-state index contributed by atoms with van der Waals surface area (Å²) < 4.78 is 0. The first-order valence-electron chi connectivity index (χ1n) is 9.40. The Morgan fingerprint density at radius 2 is 1.79 bits per heavy atom. The first kappa shape index (κ1) is 21.0. The van der Waals surface area contributed by atoms with Crippen molar-refractivity contribution in [3.8, 4) is 0 Å². The molecule has 0 aromatic rings. The molecule has 0 amide bonds. The number of halogens is 1. The molecule has 0 bridgehead atoms. The van der Waals surface area contributed by atoms with Crippen LogP contribution in [-0.2, 0) is 9.59 Å². The molecule has 0 aliphatic heterocycles. The lowest BCUT2D eigenvalue weighted by Gasteiger charge is -2.10. The van der Waals surface area contributed by atoms with Gasteiger partial charge in [-0.3, -0.25) is 9.59 Å². The largest absolute Gasteiger partial charge is 0.481 e. The fraction of sp³-hybridized carbons (Fsp3) is 0.700. The van der Waals surface area contributed by atoms with Crippen molar-refractivity contribution < 1.29 is 14.7 Å². The van der Waals surface area contributed by atoms with Crippen molar-refractivity contribution in [2.24, 2.45) is 5.92 Å². The van der Waals surface area contributed by atoms with Crippen LogP contribution in [-0.4, -0.2) is 16.9 Å². The van der Waals surface area contributed by atoms with Crippen LogP contribution < -0.4 is 0 Å². The van der Waals surface area contributed by atoms with Crippen molar-refractivity contribution in [3.63, 3.8) is 0 Å². The van der Waals surface area contributed by atoms with Crippen molar-refractivity contribution in [2.45, 2.75) is 84.0 Å². The Morgan fingerprint density at radius 3 is 2.50 bits per heavy atom. The number of ketones is 1. The second-order valence-corrected chi connectivity index (χ2v) is 7.07. The molecule has 1 atom stereocenters. The van der Waals surface area contributed by atoms with Gasteiger partial charge in [0.25, 0.3) is 0 Å². The Balaban J connectivity index is 2.32. The van der Waals surface area contributed by atoms with E-state index in [1.54, 1.807) is 0 Å². The molecular formula is C20H31ClO3. The number of hydrogen-bond donors (Lipinski definition) is 1. The first-order valence-corrected chi connectivity index (χ1v) is 9.78. The summed E-state index contributed by atoms with van der Waals surface area (Å²) >= 11 is 6.04. The number of allylic oxidation sites excluding steroid dienone is 4. The van der Waals surface area contributed by atoms with Crippen LogP contribution in [0.1, 0.15) is 84.0 Å². The highest BCUT2D eigenvalue weighted by Gasteiger charge is 2.27. The van der Waals surface area contributed by atoms with Gasteiger partial charge in [-0.15, -0.1) is 0 Å². The van der Waals surface area contributed by atoms with E-state index in [-0.39, 0.29) is 18.1 Å². The number of rotatable bonds is 13. The van der Waals surface area contributed by atoms with Gasteiger partial charge in [-0.1, -0.05) is 75.6 Å². The SMILES string of the molecule is CCCCCCCCC1C=C(Cl)C(=O)C1=CCCCCCC(=O)O. The second-order valence-electron chi connectivity index (χ2n) is 6.66. The van der Waals surface area contributed by atoms with Gasteiger partial charge >= 0.3 is 5.97 Å². The summed E-state index contributed by atoms with van der Waals surface area (Å²) in [4.78, 5) is 22.6. The van der Waals surface area contributed by atoms with Crippen LogP contribution in [0.25, 0.3) is 0 Å². The van der Waals surface area contributed by atoms with E-state index in [9.17, 15) is 9.59 Å². The molecule has 0 fully saturated rings. The van der Waals surface area contributed by atoms with Crippen molar-refractivity contribution in [1.82, 2.24) is 0 Å². The zero-order chi connectivity index (χ0) is 17.8. The lowest BCUT2D eigenvalue weighted by Crippen LogP contribution is -2.04. The Labute approximate surface area is 151 Å². The van der Waals surface area contributed by atoms with E-state index in [1.165, 1.54) is 32.1 Å². The van der Waals surface area contributed by atoms with E-state index in [1.807, 2.05) is 12.2 Å². The molecule has 0 saturated carbocycles. The van der Waals surface area contributed by atoms with Crippen molar-refractivity contribution in [2.75, 3.05) is 0 Å². The summed E-state index contributed by atoms with van der Waals surface area (Å²) in [5.41, 5.74) is 0.854. The lowest BCUT2D eigenvalue weighted by molar-refractivity contribution is -0.137. The Bertz CT molecular complexity index is 466. The molecule has 1 rings (SSSR count). The third kappa shape index (κ3) is 8.14. The highest BCUT2D eigenvalue weighted by molar-refractivity contribution is 6.46. The number of carbonyl (C=O) groups excluding carboxylic acids is 1. The predicted molar refractivity (Wildman–Crippen MR) is 99.2 cm³/mol. The van der Waals surface area contributed by atoms with Crippen LogP contribution in [0.3, 0.4) is 0 Å². The fourth-order valence-electron chi connectivity index (χ4n) is 3.13. The number of unbranched alkanes of at least 4 members (excludes halogenated alkanes) is 8. The van der Waals surface area contributed by atoms with Gasteiger partial charge < -0.3 is 5.11 Å². The molecule has 0 spiro atoms. The summed E-state index contributed by atoms with van der Waals surface area (Å²) in [5.74, 6) is -0.581. The highest BCUT2D eigenvalue weighted by atomic mass is 35.5. The quantitative estimate of drug-likeness (QED) is 0.325. The maximum Gasteiger partial charge on any atom is 0.303 e. The van der Waals surface area contributed by atoms with Crippen LogP contribution in [0.2, 0.25) is 0 Å². The smallest absolute Gasteiger partial charge is 0.303 e. The van der Waals surface area contributed by atoms with Gasteiger partial charge in [-0.05, 0) is 25.7 Å². The maximum atomic E-state index is 12.2. The number of carbonyl (C=O) groups is 2. The fourth-order valence-corrected chi connectivity index (χ4v) is 3.39. The summed E-state index contributed by atoms with van der Waals surface area (Å²) in [6, 6.07) is 0. The van der Waals surface area contributed by atoms with Crippen molar-refractivity contribution in [1.29, 1.82) is 0 Å². The molecule has 0 heterocycles. The summed E-state index contributed by atoms with van der Waals surface area (Å²) in [6.07, 6.45) is 16.0. The molecule has 4 heteroatoms. The summed E-state index contributed by atoms with van der Waals surface area (Å²) in [5, 5.41) is 8.98. The molecular weight excluding hydrogens is 324 g/mol. The Kier molecular flexibility index (Phi) is 10.7. The average molecular weight is 355 g/mol. The number of carboxylic acid groups (broad SMARTS) is 1. The minimum absolute atomic E-state index is 0.0156. The minimum atomic E-state index is -0.741. The van der Waals surface area contributed by atoms with Crippen LogP contribution in [0, 0.1) is 5.92 Å². The van der Waals surface area contributed by atoms with Crippen LogP contribution >= 0.6 is 11.6 Å². The zero-order valence-corrected chi connectivity index (χ0v) is 15.6. The number of aliphatic carboxylic acids is 1. The van der Waals surface area contributed by atoms with E-state index < -0.39 is 5.97 Å². The van der Waals surface area contributed by atoms with Crippen molar-refractivity contribution in [3.05, 3.63) is 22.8 Å². The first-order chi connectivity index (χ1) is 11.6. The van der Waals surface area contributed by atoms with Crippen LogP contribution in [0.15, 0.2) is 22.8 Å². The van der Waals surface area contributed by atoms with E-state index in [0.29, 0.717) is 11.5 Å². The normalized spacial score (nSPS) is 19.1. The Hall–Kier alpha value is -1.09. The number of hydrogen-bond acceptors (Lipinski definition) is 2. The maximum absolute atomic E-state index is 12.2. The molecule has 1 unspecified atom stereocenters. The van der Waals surface area contributed by atoms with Gasteiger partial charge in [0.15, 0.2) is 5.78 Å². The van der Waals surface area contributed by atoms with Crippen molar-refractivity contribution >= 4 is 23.4 Å². The molecule has 3 nitrogen and oxygen atoms in total. The van der Waals surface area contributed by atoms with Crippen LogP contribution in [0.4, 0.5) is 0 Å². The number of carboxylic acids is 1. The zero-order valence-electron chi connectivity index (χ0n) is 14.9. The average Bonchev–Trinajstić information content (AvgIpc) is 2.81. The van der Waals surface area contributed by atoms with E-state index in [2.05, 4.69) is 6.92 Å². The predicted octanol–water partition coefficient (Wildman–Crippen LogP) is 6.02. The molecule has 1 aliphatic rings. The highest BCUT2D eigenvalue weighted by Crippen LogP contribution is 2.33. The summed E-state index contributed by atoms with van der Waals surface area (Å²) in [6.45, 7) is 2.22. The van der Waals surface area contributed by atoms with Crippen LogP contribution in [0.5, 0.6) is 0 Å². The molecule has 0 saturated heterocycles. The van der Waals surface area contributed by atoms with Gasteiger partial charge in [0.2, 0.25) is 0 Å². The molecule has 24 heavy (non-hydrogen) atoms. The monoisotopic (exact) mass is 354 g/mol. The summed E-state index contributed by atoms with van der Waals surface area (Å²) in [7, 11) is 0. The van der Waals surface area contributed by atoms with E-state index in [0.717, 1.165) is 37.7 Å². The molecule has 1 aliphatic carbocycles. The van der Waals surface area contributed by atoms with Gasteiger partial charge in [0.1, 0.15) is 0 Å². The third-order valence-corrected chi connectivity index (χ3v) is 4.85. The lowest BCUT2D eigenvalue weighted by atomic mass is 9.94. The van der Waals surface area contributed by atoms with E-state index in [4.69, 9.17) is 16.7 Å². The molecule has 0 aromatic carbocycles. The Morgan fingerprint density at radius 1 is 1.12 bits per heavy atom. The third-order valence-electron chi connectivity index (χ3n) is 4.55. The molecule has 0 aromatic heterocycles. The van der Waals surface area contributed by atoms with E-state index >= 15 is 0 Å². The van der Waals surface area contributed by atoms with Gasteiger partial charge in [0, 0.05) is 17.9 Å². The van der Waals surface area contributed by atoms with Gasteiger partial charge in [0.05, 0.1) is 5.03 Å². The topological polar surface area (TPSA) is 54.4 Å². The van der Waals surface area contributed by atoms with Gasteiger partial charge in [-0.2, -0.15) is 0 Å².